The Hall–Kier alpha value is -4.53. The Morgan fingerprint density at radius 3 is 2.55 bits per heavy atom. The van der Waals surface area contributed by atoms with Crippen LogP contribution in [0.25, 0.3) is 5.76 Å². The maximum atomic E-state index is 13.1. The number of Topliss-reactive ketones (excluding diaryl/α,β-unsaturated/α-hetero) is 1. The lowest BCUT2D eigenvalue weighted by Crippen LogP contribution is -2.29. The Bertz CT molecular complexity index is 1250. The number of aliphatic hydroxyl groups is 1. The Labute approximate surface area is 188 Å². The van der Waals surface area contributed by atoms with Crippen molar-refractivity contribution >= 4 is 23.1 Å². The lowest BCUT2D eigenvalue weighted by Gasteiger charge is -2.25. The van der Waals surface area contributed by atoms with Crippen molar-refractivity contribution in [3.63, 3.8) is 0 Å². The highest BCUT2D eigenvalue weighted by Crippen LogP contribution is 2.41. The fourth-order valence-electron chi connectivity index (χ4n) is 3.79. The van der Waals surface area contributed by atoms with E-state index < -0.39 is 28.4 Å². The van der Waals surface area contributed by atoms with Crippen molar-refractivity contribution in [2.24, 2.45) is 0 Å². The first-order valence-corrected chi connectivity index (χ1v) is 9.97. The third kappa shape index (κ3) is 4.16. The number of rotatable bonds is 6. The second-order valence-electron chi connectivity index (χ2n) is 7.37. The number of ketones is 1. The third-order valence-corrected chi connectivity index (χ3v) is 5.38. The number of hydrogen-bond acceptors (Lipinski definition) is 7. The number of nitro groups is 1. The van der Waals surface area contributed by atoms with Crippen LogP contribution in [0.5, 0.6) is 5.75 Å². The van der Waals surface area contributed by atoms with Gasteiger partial charge in [-0.3, -0.25) is 24.7 Å². The van der Waals surface area contributed by atoms with Crippen molar-refractivity contribution < 1.29 is 24.4 Å². The number of carbonyl (C=O) groups is 2. The Morgan fingerprint density at radius 1 is 1.15 bits per heavy atom. The van der Waals surface area contributed by atoms with Crippen LogP contribution in [0.2, 0.25) is 0 Å². The van der Waals surface area contributed by atoms with E-state index in [2.05, 4.69) is 4.98 Å². The van der Waals surface area contributed by atoms with E-state index in [-0.39, 0.29) is 23.4 Å². The van der Waals surface area contributed by atoms with Crippen molar-refractivity contribution in [2.45, 2.75) is 12.6 Å². The lowest BCUT2D eigenvalue weighted by molar-refractivity contribution is -0.384. The number of nitro benzene ring substituents is 1. The van der Waals surface area contributed by atoms with Gasteiger partial charge in [-0.15, -0.1) is 0 Å². The van der Waals surface area contributed by atoms with Crippen LogP contribution in [0.3, 0.4) is 0 Å². The summed E-state index contributed by atoms with van der Waals surface area (Å²) in [6.07, 6.45) is 3.20. The van der Waals surface area contributed by atoms with Gasteiger partial charge in [-0.2, -0.15) is 0 Å². The molecule has 1 aliphatic heterocycles. The molecule has 1 saturated heterocycles. The predicted molar refractivity (Wildman–Crippen MR) is 118 cm³/mol. The predicted octanol–water partition coefficient (Wildman–Crippen LogP) is 3.62. The van der Waals surface area contributed by atoms with E-state index in [1.807, 2.05) is 0 Å². The highest BCUT2D eigenvalue weighted by Gasteiger charge is 2.46. The molecule has 0 aliphatic carbocycles. The van der Waals surface area contributed by atoms with Crippen LogP contribution < -0.4 is 4.74 Å². The van der Waals surface area contributed by atoms with Crippen LogP contribution in [0.4, 0.5) is 5.69 Å². The molecule has 1 N–H and O–H groups in total. The van der Waals surface area contributed by atoms with E-state index in [0.29, 0.717) is 16.9 Å². The molecule has 1 aromatic heterocycles. The second-order valence-corrected chi connectivity index (χ2v) is 7.37. The number of aromatic nitrogens is 1. The summed E-state index contributed by atoms with van der Waals surface area (Å²) in [5, 5.41) is 22.0. The van der Waals surface area contributed by atoms with Crippen LogP contribution in [-0.4, -0.2) is 38.7 Å². The topological polar surface area (TPSA) is 123 Å². The molecular weight excluding hydrogens is 426 g/mol. The summed E-state index contributed by atoms with van der Waals surface area (Å²) in [6.45, 7) is 0.0946. The van der Waals surface area contributed by atoms with Gasteiger partial charge in [0.25, 0.3) is 17.4 Å². The Kier molecular flexibility index (Phi) is 5.86. The molecule has 1 aliphatic rings. The molecule has 0 bridgehead atoms. The first-order valence-electron chi connectivity index (χ1n) is 9.97. The average Bonchev–Trinajstić information content (AvgIpc) is 3.09. The van der Waals surface area contributed by atoms with Crippen LogP contribution in [0.1, 0.15) is 22.7 Å². The Morgan fingerprint density at radius 2 is 1.91 bits per heavy atom. The summed E-state index contributed by atoms with van der Waals surface area (Å²) in [7, 11) is 1.50. The molecule has 4 rings (SSSR count). The zero-order valence-electron chi connectivity index (χ0n) is 17.5. The molecule has 0 radical (unpaired) electrons. The third-order valence-electron chi connectivity index (χ3n) is 5.38. The lowest BCUT2D eigenvalue weighted by atomic mass is 9.95. The van der Waals surface area contributed by atoms with E-state index in [9.17, 15) is 24.8 Å². The van der Waals surface area contributed by atoms with Gasteiger partial charge in [0.1, 0.15) is 11.5 Å². The van der Waals surface area contributed by atoms with Gasteiger partial charge in [-0.05, 0) is 41.5 Å². The number of benzene rings is 2. The van der Waals surface area contributed by atoms with Gasteiger partial charge >= 0.3 is 0 Å². The SMILES string of the molecule is COc1cccc(C2/C(=C(/O)c3ccc([N+](=O)[O-])cc3)C(=O)C(=O)N2Cc2cccnc2)c1. The maximum absolute atomic E-state index is 13.1. The minimum Gasteiger partial charge on any atom is -0.507 e. The summed E-state index contributed by atoms with van der Waals surface area (Å²) < 4.78 is 5.30. The second kappa shape index (κ2) is 8.91. The molecule has 2 aromatic carbocycles. The van der Waals surface area contributed by atoms with Gasteiger partial charge in [-0.25, -0.2) is 0 Å². The molecule has 1 atom stereocenters. The van der Waals surface area contributed by atoms with Gasteiger partial charge in [-0.1, -0.05) is 18.2 Å². The van der Waals surface area contributed by atoms with Crippen LogP contribution in [-0.2, 0) is 16.1 Å². The first kappa shape index (κ1) is 21.7. The summed E-state index contributed by atoms with van der Waals surface area (Å²) in [5.41, 5.74) is 1.20. The molecule has 2 heterocycles. The van der Waals surface area contributed by atoms with Crippen molar-refractivity contribution in [1.29, 1.82) is 0 Å². The first-order chi connectivity index (χ1) is 15.9. The number of methoxy groups -OCH3 is 1. The summed E-state index contributed by atoms with van der Waals surface area (Å²) >= 11 is 0. The minimum absolute atomic E-state index is 0.0946. The summed E-state index contributed by atoms with van der Waals surface area (Å²) in [4.78, 5) is 41.9. The standard InChI is InChI=1S/C24H19N3O6/c1-33-19-6-2-5-17(12-19)21-20(22(28)16-7-9-18(10-8-16)27(31)32)23(29)24(30)26(21)14-15-4-3-11-25-13-15/h2-13,21,28H,14H2,1H3/b22-20-. The smallest absolute Gasteiger partial charge is 0.295 e. The van der Waals surface area contributed by atoms with Gasteiger partial charge in [0.15, 0.2) is 0 Å². The molecule has 1 fully saturated rings. The van der Waals surface area contributed by atoms with Crippen molar-refractivity contribution in [3.05, 3.63) is 105 Å². The van der Waals surface area contributed by atoms with E-state index >= 15 is 0 Å². The van der Waals surface area contributed by atoms with E-state index in [0.717, 1.165) is 0 Å². The van der Waals surface area contributed by atoms with Gasteiger partial charge < -0.3 is 14.7 Å². The molecule has 0 spiro atoms. The van der Waals surface area contributed by atoms with Crippen molar-refractivity contribution in [3.8, 4) is 5.75 Å². The molecule has 9 heteroatoms. The summed E-state index contributed by atoms with van der Waals surface area (Å²) in [6, 6.07) is 14.6. The molecule has 3 aromatic rings. The van der Waals surface area contributed by atoms with Gasteiger partial charge in [0, 0.05) is 36.6 Å². The monoisotopic (exact) mass is 445 g/mol. The van der Waals surface area contributed by atoms with Gasteiger partial charge in [0.2, 0.25) is 0 Å². The number of aliphatic hydroxyl groups excluding tert-OH is 1. The van der Waals surface area contributed by atoms with E-state index in [1.54, 1.807) is 48.8 Å². The number of non-ortho nitro benzene ring substituents is 1. The normalized spacial score (nSPS) is 17.2. The zero-order chi connectivity index (χ0) is 23.5. The number of ether oxygens (including phenoxy) is 1. The van der Waals surface area contributed by atoms with Crippen LogP contribution >= 0.6 is 0 Å². The number of hydrogen-bond donors (Lipinski definition) is 1. The number of amides is 1. The summed E-state index contributed by atoms with van der Waals surface area (Å²) in [5.74, 6) is -1.50. The molecule has 9 nitrogen and oxygen atoms in total. The number of likely N-dealkylation sites (tertiary alicyclic amines) is 1. The van der Waals surface area contributed by atoms with Crippen molar-refractivity contribution in [2.75, 3.05) is 7.11 Å². The fourth-order valence-corrected chi connectivity index (χ4v) is 3.79. The van der Waals surface area contributed by atoms with Crippen LogP contribution in [0.15, 0.2) is 78.6 Å². The maximum Gasteiger partial charge on any atom is 0.295 e. The number of nitrogens with zero attached hydrogens (tertiary/aromatic N) is 3. The van der Waals surface area contributed by atoms with E-state index in [1.165, 1.54) is 36.3 Å². The number of pyridine rings is 1. The molecule has 0 saturated carbocycles. The highest BCUT2D eigenvalue weighted by molar-refractivity contribution is 6.46. The molecular formula is C24H19N3O6. The Balaban J connectivity index is 1.85. The quantitative estimate of drug-likeness (QED) is 0.202. The number of carbonyl (C=O) groups excluding carboxylic acids is 2. The molecule has 166 valence electrons. The molecule has 33 heavy (non-hydrogen) atoms. The average molecular weight is 445 g/mol. The molecule has 1 amide bonds. The fraction of sp³-hybridized carbons (Fsp3) is 0.125. The van der Waals surface area contributed by atoms with Gasteiger partial charge in [0.05, 0.1) is 23.6 Å². The zero-order valence-corrected chi connectivity index (χ0v) is 17.5. The van der Waals surface area contributed by atoms with Crippen molar-refractivity contribution in [1.82, 2.24) is 9.88 Å². The van der Waals surface area contributed by atoms with E-state index in [4.69, 9.17) is 4.74 Å². The largest absolute Gasteiger partial charge is 0.507 e. The highest BCUT2D eigenvalue weighted by atomic mass is 16.6. The van der Waals surface area contributed by atoms with Crippen LogP contribution in [0, 0.1) is 10.1 Å². The minimum atomic E-state index is -0.893. The molecule has 1 unspecified atom stereocenters.